The number of benzene rings is 2. The van der Waals surface area contributed by atoms with Crippen molar-refractivity contribution in [2.75, 3.05) is 11.4 Å². The van der Waals surface area contributed by atoms with Gasteiger partial charge in [0.15, 0.2) is 0 Å². The van der Waals surface area contributed by atoms with Crippen molar-refractivity contribution in [2.45, 2.75) is 69.7 Å². The summed E-state index contributed by atoms with van der Waals surface area (Å²) in [4.78, 5) is 81.4. The third-order valence-corrected chi connectivity index (χ3v) is 8.30. The Bertz CT molecular complexity index is 1850. The number of carboxylic acids is 3. The van der Waals surface area contributed by atoms with Gasteiger partial charge < -0.3 is 40.9 Å². The second kappa shape index (κ2) is 14.8. The smallest absolute Gasteiger partial charge is 0.329 e. The van der Waals surface area contributed by atoms with E-state index in [1.165, 1.54) is 19.1 Å². The van der Waals surface area contributed by atoms with Gasteiger partial charge in [0, 0.05) is 24.1 Å². The number of aliphatic hydroxyl groups excluding tert-OH is 1. The van der Waals surface area contributed by atoms with E-state index >= 15 is 0 Å². The molecule has 0 fully saturated rings. The number of nitrogens with zero attached hydrogens (tertiary/aromatic N) is 2. The number of aryl methyl sites for hydroxylation is 1. The van der Waals surface area contributed by atoms with Gasteiger partial charge in [-0.3, -0.25) is 19.2 Å². The standard InChI is InChI=1S/C33H35N5O10/c1-3-14-38(25-10-6-19-15-24-22(16-21(19)25)30(44)36-26(17-39)34-24)20-7-4-18(5-8-20)29(43)37-33(2,32(47)48)13-12-27(40)35-23(31(45)46)9-11-28(41)42/h1,4-5,7-8,15-16,23,25,39H,6,9-14,17H2,2H3,(H,35,40)(H,37,43)(H,41,42)(H,45,46)(H,47,48)(H,34,36,44)/t23-,25+,33?/m1/s1. The number of amides is 2. The van der Waals surface area contributed by atoms with Gasteiger partial charge >= 0.3 is 17.9 Å². The quantitative estimate of drug-likeness (QED) is 0.114. The Labute approximate surface area is 274 Å². The molecular weight excluding hydrogens is 626 g/mol. The van der Waals surface area contributed by atoms with E-state index in [2.05, 4.69) is 26.5 Å². The van der Waals surface area contributed by atoms with Gasteiger partial charge in [0.25, 0.3) is 11.5 Å². The van der Waals surface area contributed by atoms with Crippen molar-refractivity contribution >= 4 is 46.3 Å². The minimum atomic E-state index is -1.90. The lowest BCUT2D eigenvalue weighted by molar-refractivity contribution is -0.145. The number of nitrogens with one attached hydrogen (secondary N) is 3. The molecule has 0 saturated carbocycles. The maximum atomic E-state index is 13.1. The number of aliphatic carboxylic acids is 3. The molecule has 4 rings (SSSR count). The monoisotopic (exact) mass is 661 g/mol. The molecule has 1 unspecified atom stereocenters. The van der Waals surface area contributed by atoms with Crippen molar-refractivity contribution in [3.63, 3.8) is 0 Å². The van der Waals surface area contributed by atoms with Crippen LogP contribution in [0.15, 0.2) is 41.2 Å². The van der Waals surface area contributed by atoms with Gasteiger partial charge in [-0.05, 0) is 80.1 Å². The van der Waals surface area contributed by atoms with E-state index in [0.717, 1.165) is 11.1 Å². The van der Waals surface area contributed by atoms with E-state index in [9.17, 15) is 44.1 Å². The van der Waals surface area contributed by atoms with Crippen LogP contribution in [-0.2, 0) is 32.2 Å². The Balaban J connectivity index is 1.47. The first-order chi connectivity index (χ1) is 22.8. The number of aromatic amines is 1. The van der Waals surface area contributed by atoms with Crippen LogP contribution in [0.5, 0.6) is 0 Å². The zero-order valence-electron chi connectivity index (χ0n) is 26.0. The summed E-state index contributed by atoms with van der Waals surface area (Å²) in [6.45, 7) is 1.03. The van der Waals surface area contributed by atoms with E-state index in [1.54, 1.807) is 18.2 Å². The van der Waals surface area contributed by atoms with Crippen LogP contribution in [0, 0.1) is 12.3 Å². The van der Waals surface area contributed by atoms with E-state index in [1.807, 2.05) is 11.0 Å². The number of H-pyrrole nitrogens is 1. The molecule has 0 bridgehead atoms. The van der Waals surface area contributed by atoms with Crippen LogP contribution in [-0.4, -0.2) is 78.2 Å². The van der Waals surface area contributed by atoms with Gasteiger partial charge in [0.05, 0.1) is 23.5 Å². The first-order valence-corrected chi connectivity index (χ1v) is 15.0. The molecule has 7 N–H and O–H groups in total. The lowest BCUT2D eigenvalue weighted by atomic mass is 9.94. The number of anilines is 1. The molecule has 1 heterocycles. The number of terminal acetylenes is 1. The topological polar surface area (TPSA) is 239 Å². The molecular formula is C33H35N5O10. The Kier molecular flexibility index (Phi) is 10.8. The molecule has 15 heteroatoms. The number of carboxylic acid groups (broad SMARTS) is 3. The number of hydrogen-bond donors (Lipinski definition) is 7. The molecule has 15 nitrogen and oxygen atoms in total. The number of rotatable bonds is 15. The summed E-state index contributed by atoms with van der Waals surface area (Å²) in [5.41, 5.74) is 0.920. The normalized spacial score (nSPS) is 15.4. The fourth-order valence-corrected chi connectivity index (χ4v) is 5.65. The van der Waals surface area contributed by atoms with Gasteiger partial charge in [0.1, 0.15) is 24.0 Å². The van der Waals surface area contributed by atoms with E-state index < -0.39 is 60.8 Å². The first kappa shape index (κ1) is 35.1. The average Bonchev–Trinajstić information content (AvgIpc) is 3.45. The van der Waals surface area contributed by atoms with Gasteiger partial charge in [0.2, 0.25) is 5.91 Å². The molecule has 0 aliphatic heterocycles. The maximum Gasteiger partial charge on any atom is 0.329 e. The third kappa shape index (κ3) is 7.96. The van der Waals surface area contributed by atoms with Gasteiger partial charge in [-0.2, -0.15) is 0 Å². The highest BCUT2D eigenvalue weighted by atomic mass is 16.4. The number of hydrogen-bond acceptors (Lipinski definition) is 9. The van der Waals surface area contributed by atoms with Crippen molar-refractivity contribution in [2.24, 2.45) is 0 Å². The molecule has 0 radical (unpaired) electrons. The number of carbonyl (C=O) groups excluding carboxylic acids is 2. The predicted molar refractivity (Wildman–Crippen MR) is 171 cm³/mol. The van der Waals surface area contributed by atoms with E-state index in [4.69, 9.17) is 11.5 Å². The zero-order chi connectivity index (χ0) is 35.2. The van der Waals surface area contributed by atoms with Crippen LogP contribution < -0.4 is 21.1 Å². The number of carbonyl (C=O) groups is 5. The zero-order valence-corrected chi connectivity index (χ0v) is 26.0. The van der Waals surface area contributed by atoms with Crippen LogP contribution in [0.3, 0.4) is 0 Å². The molecule has 0 spiro atoms. The first-order valence-electron chi connectivity index (χ1n) is 15.0. The molecule has 252 valence electrons. The lowest BCUT2D eigenvalue weighted by Gasteiger charge is -2.30. The molecule has 0 saturated heterocycles. The van der Waals surface area contributed by atoms with Gasteiger partial charge in [-0.1, -0.05) is 5.92 Å². The summed E-state index contributed by atoms with van der Waals surface area (Å²) in [6, 6.07) is 8.31. The van der Waals surface area contributed by atoms with Crippen LogP contribution >= 0.6 is 0 Å². The highest BCUT2D eigenvalue weighted by molar-refractivity contribution is 5.98. The molecule has 1 aromatic heterocycles. The fourth-order valence-electron chi connectivity index (χ4n) is 5.65. The Morgan fingerprint density at radius 2 is 1.83 bits per heavy atom. The Morgan fingerprint density at radius 3 is 2.44 bits per heavy atom. The molecule has 3 aromatic rings. The van der Waals surface area contributed by atoms with E-state index in [-0.39, 0.29) is 42.4 Å². The van der Waals surface area contributed by atoms with Crippen LogP contribution in [0.1, 0.15) is 72.4 Å². The van der Waals surface area contributed by atoms with Crippen molar-refractivity contribution in [1.82, 2.24) is 20.6 Å². The van der Waals surface area contributed by atoms with Gasteiger partial charge in [-0.25, -0.2) is 14.6 Å². The number of aromatic nitrogens is 2. The average molecular weight is 662 g/mol. The summed E-state index contributed by atoms with van der Waals surface area (Å²) in [5.74, 6) is -2.81. The maximum absolute atomic E-state index is 13.1. The Morgan fingerprint density at radius 1 is 1.12 bits per heavy atom. The molecule has 1 aliphatic carbocycles. The number of aliphatic hydroxyl groups is 1. The summed E-state index contributed by atoms with van der Waals surface area (Å²) in [5, 5.41) is 42.3. The third-order valence-electron chi connectivity index (χ3n) is 8.30. The Hall–Kier alpha value is -5.75. The molecule has 2 aromatic carbocycles. The van der Waals surface area contributed by atoms with Crippen molar-refractivity contribution in [3.05, 3.63) is 69.3 Å². The highest BCUT2D eigenvalue weighted by Crippen LogP contribution is 2.39. The SMILES string of the molecule is C#CCN(c1ccc(C(=O)NC(C)(CCC(=O)N[C@H](CCC(=O)O)C(=O)O)C(=O)O)cc1)[C@H]1CCc2cc3nc(CO)[nH]c(=O)c3cc21. The van der Waals surface area contributed by atoms with Crippen LogP contribution in [0.25, 0.3) is 10.9 Å². The largest absolute Gasteiger partial charge is 0.481 e. The minimum Gasteiger partial charge on any atom is -0.481 e. The second-order valence-corrected chi connectivity index (χ2v) is 11.7. The van der Waals surface area contributed by atoms with Crippen molar-refractivity contribution in [1.29, 1.82) is 0 Å². The molecule has 2 amide bonds. The van der Waals surface area contributed by atoms with Crippen LogP contribution in [0.2, 0.25) is 0 Å². The number of fused-ring (bicyclic) bond motifs is 2. The summed E-state index contributed by atoms with van der Waals surface area (Å²) in [6.07, 6.45) is 5.42. The summed E-state index contributed by atoms with van der Waals surface area (Å²) >= 11 is 0. The minimum absolute atomic E-state index is 0.131. The molecule has 1 aliphatic rings. The highest BCUT2D eigenvalue weighted by Gasteiger charge is 2.36. The fraction of sp³-hybridized carbons (Fsp3) is 0.364. The van der Waals surface area contributed by atoms with Crippen molar-refractivity contribution < 1.29 is 44.4 Å². The van der Waals surface area contributed by atoms with E-state index in [0.29, 0.717) is 29.4 Å². The summed E-state index contributed by atoms with van der Waals surface area (Å²) in [7, 11) is 0. The summed E-state index contributed by atoms with van der Waals surface area (Å²) < 4.78 is 0. The van der Waals surface area contributed by atoms with Crippen LogP contribution in [0.4, 0.5) is 5.69 Å². The van der Waals surface area contributed by atoms with Gasteiger partial charge in [-0.15, -0.1) is 6.42 Å². The second-order valence-electron chi connectivity index (χ2n) is 11.7. The molecule has 3 atom stereocenters. The molecule has 48 heavy (non-hydrogen) atoms. The van der Waals surface area contributed by atoms with Crippen molar-refractivity contribution in [3.8, 4) is 12.3 Å². The lowest BCUT2D eigenvalue weighted by Crippen LogP contribution is -2.53. The predicted octanol–water partition coefficient (Wildman–Crippen LogP) is 1.33.